The minimum Gasteiger partial charge on any atom is -0.439 e. The molecule has 0 spiro atoms. The highest BCUT2D eigenvalue weighted by Crippen LogP contribution is 2.22. The lowest BCUT2D eigenvalue weighted by molar-refractivity contribution is -0.139. The molecule has 21 heavy (non-hydrogen) atoms. The van der Waals surface area contributed by atoms with Crippen molar-refractivity contribution in [3.63, 3.8) is 0 Å². The van der Waals surface area contributed by atoms with Crippen LogP contribution in [0.2, 0.25) is 0 Å². The first-order valence-corrected chi connectivity index (χ1v) is 7.43. The number of hydrogen-bond acceptors (Lipinski definition) is 6. The van der Waals surface area contributed by atoms with E-state index in [1.54, 1.807) is 17.3 Å². The van der Waals surface area contributed by atoms with Crippen LogP contribution >= 0.6 is 11.8 Å². The summed E-state index contributed by atoms with van der Waals surface area (Å²) in [6.07, 6.45) is 2.75. The maximum atomic E-state index is 12.0. The summed E-state index contributed by atoms with van der Waals surface area (Å²) in [4.78, 5) is 42.5. The Balaban J connectivity index is 1.46. The van der Waals surface area contributed by atoms with Gasteiger partial charge in [-0.2, -0.15) is 0 Å². The van der Waals surface area contributed by atoms with E-state index in [1.807, 2.05) is 12.1 Å². The minimum absolute atomic E-state index is 0.00641. The highest BCUT2D eigenvalue weighted by molar-refractivity contribution is 8.00. The Morgan fingerprint density at radius 3 is 2.67 bits per heavy atom. The van der Waals surface area contributed by atoms with Crippen LogP contribution in [0.15, 0.2) is 29.4 Å². The van der Waals surface area contributed by atoms with Gasteiger partial charge in [0.15, 0.2) is 6.61 Å². The SMILES string of the molecule is O=C(CSc1ccncc1)N1CC(N2C(=O)COC2=O)C1. The molecule has 0 aromatic carbocycles. The number of cyclic esters (lactones) is 1. The van der Waals surface area contributed by atoms with Gasteiger partial charge in [0.2, 0.25) is 5.91 Å². The summed E-state index contributed by atoms with van der Waals surface area (Å²) in [5.74, 6) is -0.00823. The summed E-state index contributed by atoms with van der Waals surface area (Å²) in [5.41, 5.74) is 0. The van der Waals surface area contributed by atoms with E-state index in [0.29, 0.717) is 18.8 Å². The first-order chi connectivity index (χ1) is 10.1. The molecule has 0 bridgehead atoms. The Hall–Kier alpha value is -2.09. The van der Waals surface area contributed by atoms with Crippen molar-refractivity contribution in [2.45, 2.75) is 10.9 Å². The zero-order chi connectivity index (χ0) is 14.8. The number of amides is 3. The number of carbonyl (C=O) groups excluding carboxylic acids is 3. The van der Waals surface area contributed by atoms with Crippen LogP contribution in [0, 0.1) is 0 Å². The number of hydrogen-bond donors (Lipinski definition) is 0. The van der Waals surface area contributed by atoms with Crippen molar-refractivity contribution in [3.05, 3.63) is 24.5 Å². The molecular weight excluding hydrogens is 294 g/mol. The molecule has 2 aliphatic heterocycles. The Labute approximate surface area is 125 Å². The standard InChI is InChI=1S/C13H13N3O4S/c17-11-7-20-13(19)16(11)9-5-15(6-9)12(18)8-21-10-1-3-14-4-2-10/h1-4,9H,5-8H2. The van der Waals surface area contributed by atoms with Crippen LogP contribution in [0.5, 0.6) is 0 Å². The van der Waals surface area contributed by atoms with E-state index in [4.69, 9.17) is 0 Å². The number of aromatic nitrogens is 1. The van der Waals surface area contributed by atoms with Gasteiger partial charge in [-0.25, -0.2) is 9.69 Å². The van der Waals surface area contributed by atoms with Crippen molar-refractivity contribution >= 4 is 29.7 Å². The van der Waals surface area contributed by atoms with E-state index < -0.39 is 6.09 Å². The lowest BCUT2D eigenvalue weighted by Crippen LogP contribution is -2.62. The molecule has 3 rings (SSSR count). The van der Waals surface area contributed by atoms with Crippen LogP contribution in [-0.2, 0) is 14.3 Å². The number of carbonyl (C=O) groups is 3. The summed E-state index contributed by atoms with van der Waals surface area (Å²) in [7, 11) is 0. The van der Waals surface area contributed by atoms with Crippen molar-refractivity contribution in [2.24, 2.45) is 0 Å². The maximum absolute atomic E-state index is 12.0. The van der Waals surface area contributed by atoms with Gasteiger partial charge in [0.05, 0.1) is 11.8 Å². The molecule has 0 atom stereocenters. The molecule has 2 saturated heterocycles. The fourth-order valence-corrected chi connectivity index (χ4v) is 3.00. The van der Waals surface area contributed by atoms with Gasteiger partial charge < -0.3 is 9.64 Å². The van der Waals surface area contributed by atoms with E-state index >= 15 is 0 Å². The fraction of sp³-hybridized carbons (Fsp3) is 0.385. The fourth-order valence-electron chi connectivity index (χ4n) is 2.21. The second-order valence-corrected chi connectivity index (χ2v) is 5.79. The van der Waals surface area contributed by atoms with Gasteiger partial charge in [-0.15, -0.1) is 11.8 Å². The molecule has 1 aromatic rings. The Morgan fingerprint density at radius 2 is 2.05 bits per heavy atom. The number of ether oxygens (including phenoxy) is 1. The van der Waals surface area contributed by atoms with Gasteiger partial charge >= 0.3 is 6.09 Å². The highest BCUT2D eigenvalue weighted by Gasteiger charge is 2.44. The van der Waals surface area contributed by atoms with Gasteiger partial charge in [-0.05, 0) is 12.1 Å². The molecule has 8 heteroatoms. The lowest BCUT2D eigenvalue weighted by atomic mass is 10.1. The van der Waals surface area contributed by atoms with Crippen molar-refractivity contribution in [3.8, 4) is 0 Å². The number of rotatable bonds is 4. The third-order valence-corrected chi connectivity index (χ3v) is 4.37. The van der Waals surface area contributed by atoms with Crippen molar-refractivity contribution in [1.29, 1.82) is 0 Å². The minimum atomic E-state index is -0.608. The van der Waals surface area contributed by atoms with E-state index in [0.717, 1.165) is 9.80 Å². The van der Waals surface area contributed by atoms with Crippen molar-refractivity contribution < 1.29 is 19.1 Å². The monoisotopic (exact) mass is 307 g/mol. The zero-order valence-corrected chi connectivity index (χ0v) is 11.9. The topological polar surface area (TPSA) is 79.8 Å². The van der Waals surface area contributed by atoms with Crippen LogP contribution in [0.25, 0.3) is 0 Å². The lowest BCUT2D eigenvalue weighted by Gasteiger charge is -2.41. The van der Waals surface area contributed by atoms with Gasteiger partial charge in [0.1, 0.15) is 0 Å². The molecule has 7 nitrogen and oxygen atoms in total. The summed E-state index contributed by atoms with van der Waals surface area (Å²) in [6, 6.07) is 3.44. The van der Waals surface area contributed by atoms with E-state index in [9.17, 15) is 14.4 Å². The number of thioether (sulfide) groups is 1. The molecule has 2 aliphatic rings. The molecule has 2 fully saturated rings. The van der Waals surface area contributed by atoms with Gasteiger partial charge in [-0.1, -0.05) is 0 Å². The molecular formula is C13H13N3O4S. The number of likely N-dealkylation sites (tertiary alicyclic amines) is 1. The maximum Gasteiger partial charge on any atom is 0.417 e. The molecule has 1 aromatic heterocycles. The summed E-state index contributed by atoms with van der Waals surface area (Å²) in [5, 5.41) is 0. The quantitative estimate of drug-likeness (QED) is 0.747. The molecule has 3 amide bonds. The number of pyridine rings is 1. The number of imide groups is 1. The van der Waals surface area contributed by atoms with Gasteiger partial charge in [0, 0.05) is 30.4 Å². The van der Waals surface area contributed by atoms with Crippen LogP contribution in [-0.4, -0.2) is 64.2 Å². The van der Waals surface area contributed by atoms with Crippen LogP contribution in [0.3, 0.4) is 0 Å². The molecule has 110 valence electrons. The smallest absolute Gasteiger partial charge is 0.417 e. The Kier molecular flexibility index (Phi) is 3.78. The van der Waals surface area contributed by atoms with Crippen LogP contribution in [0.1, 0.15) is 0 Å². The normalized spacial score (nSPS) is 18.7. The summed E-state index contributed by atoms with van der Waals surface area (Å²) in [6.45, 7) is 0.578. The molecule has 0 aliphatic carbocycles. The Morgan fingerprint density at radius 1 is 1.33 bits per heavy atom. The van der Waals surface area contributed by atoms with E-state index in [1.165, 1.54) is 11.8 Å². The first-order valence-electron chi connectivity index (χ1n) is 6.44. The second-order valence-electron chi connectivity index (χ2n) is 4.74. The summed E-state index contributed by atoms with van der Waals surface area (Å²) < 4.78 is 4.66. The van der Waals surface area contributed by atoms with Crippen LogP contribution < -0.4 is 0 Å². The molecule has 0 radical (unpaired) electrons. The average Bonchev–Trinajstić information content (AvgIpc) is 2.77. The highest BCUT2D eigenvalue weighted by atomic mass is 32.2. The third-order valence-electron chi connectivity index (χ3n) is 3.38. The predicted molar refractivity (Wildman–Crippen MR) is 73.5 cm³/mol. The van der Waals surface area contributed by atoms with E-state index in [-0.39, 0.29) is 24.5 Å². The zero-order valence-electron chi connectivity index (χ0n) is 11.1. The second kappa shape index (κ2) is 5.72. The average molecular weight is 307 g/mol. The summed E-state index contributed by atoms with van der Waals surface area (Å²) >= 11 is 1.44. The molecule has 0 saturated carbocycles. The largest absolute Gasteiger partial charge is 0.439 e. The first kappa shape index (κ1) is 13.9. The predicted octanol–water partition coefficient (Wildman–Crippen LogP) is 0.363. The molecule has 3 heterocycles. The third kappa shape index (κ3) is 2.85. The Bertz CT molecular complexity index is 558. The van der Waals surface area contributed by atoms with Crippen molar-refractivity contribution in [2.75, 3.05) is 25.4 Å². The number of nitrogens with zero attached hydrogens (tertiary/aromatic N) is 3. The molecule has 0 N–H and O–H groups in total. The van der Waals surface area contributed by atoms with Gasteiger partial charge in [-0.3, -0.25) is 14.6 Å². The van der Waals surface area contributed by atoms with E-state index in [2.05, 4.69) is 9.72 Å². The van der Waals surface area contributed by atoms with Crippen LogP contribution in [0.4, 0.5) is 4.79 Å². The van der Waals surface area contributed by atoms with Gasteiger partial charge in [0.25, 0.3) is 5.91 Å². The van der Waals surface area contributed by atoms with Crippen molar-refractivity contribution in [1.82, 2.24) is 14.8 Å². The molecule has 0 unspecified atom stereocenters.